The Balaban J connectivity index is 1.97. The fourth-order valence-corrected chi connectivity index (χ4v) is 3.86. The third-order valence-electron chi connectivity index (χ3n) is 5.74. The molecule has 1 aromatic carbocycles. The average Bonchev–Trinajstić information content (AvgIpc) is 2.74. The van der Waals surface area contributed by atoms with Crippen LogP contribution in [0.15, 0.2) is 48.8 Å². The van der Waals surface area contributed by atoms with Crippen molar-refractivity contribution in [1.82, 2.24) is 14.8 Å². The molecule has 0 unspecified atom stereocenters. The number of hydrogen-bond donors (Lipinski definition) is 0. The summed E-state index contributed by atoms with van der Waals surface area (Å²) >= 11 is 0. The van der Waals surface area contributed by atoms with Gasteiger partial charge in [0.15, 0.2) is 0 Å². The smallest absolute Gasteiger partial charge is 0.273 e. The van der Waals surface area contributed by atoms with Gasteiger partial charge in [0.2, 0.25) is 11.8 Å². The van der Waals surface area contributed by atoms with Crippen molar-refractivity contribution in [2.75, 3.05) is 14.1 Å². The highest BCUT2D eigenvalue weighted by molar-refractivity contribution is 6.18. The van der Waals surface area contributed by atoms with Gasteiger partial charge in [-0.1, -0.05) is 38.1 Å². The van der Waals surface area contributed by atoms with Gasteiger partial charge in [0.05, 0.1) is 0 Å². The first-order chi connectivity index (χ1) is 13.8. The zero-order valence-corrected chi connectivity index (χ0v) is 17.4. The number of rotatable bonds is 6. The molecule has 2 heterocycles. The lowest BCUT2D eigenvalue weighted by Crippen LogP contribution is -2.63. The van der Waals surface area contributed by atoms with Crippen molar-refractivity contribution in [2.24, 2.45) is 5.41 Å². The molecule has 4 amide bonds. The zero-order valence-electron chi connectivity index (χ0n) is 17.4. The van der Waals surface area contributed by atoms with Crippen LogP contribution in [0.5, 0.6) is 0 Å². The molecule has 0 saturated carbocycles. The topological polar surface area (TPSA) is 70.6 Å². The van der Waals surface area contributed by atoms with E-state index in [4.69, 9.17) is 0 Å². The van der Waals surface area contributed by atoms with Crippen LogP contribution >= 0.6 is 0 Å². The molecule has 1 aromatic heterocycles. The minimum absolute atomic E-state index is 0.260. The molecule has 1 saturated heterocycles. The molecule has 0 spiro atoms. The molecule has 1 fully saturated rings. The van der Waals surface area contributed by atoms with Gasteiger partial charge in [-0.3, -0.25) is 24.4 Å². The van der Waals surface area contributed by atoms with Crippen LogP contribution in [0.4, 0.5) is 4.79 Å². The molecule has 6 heteroatoms. The van der Waals surface area contributed by atoms with E-state index in [2.05, 4.69) is 18.8 Å². The summed E-state index contributed by atoms with van der Waals surface area (Å²) in [7, 11) is 2.88. The minimum Gasteiger partial charge on any atom is -0.273 e. The predicted octanol–water partition coefficient (Wildman–Crippen LogP) is 3.42. The maximum Gasteiger partial charge on any atom is 0.332 e. The first-order valence-corrected chi connectivity index (χ1v) is 9.84. The Morgan fingerprint density at radius 1 is 0.862 bits per heavy atom. The van der Waals surface area contributed by atoms with Crippen molar-refractivity contribution in [3.63, 3.8) is 0 Å². The molecule has 0 bridgehead atoms. The van der Waals surface area contributed by atoms with Crippen LogP contribution in [0.1, 0.15) is 42.9 Å². The van der Waals surface area contributed by atoms with Crippen LogP contribution in [0.3, 0.4) is 0 Å². The van der Waals surface area contributed by atoms with E-state index in [1.807, 2.05) is 36.4 Å². The maximum absolute atomic E-state index is 13.3. The average molecular weight is 393 g/mol. The van der Waals surface area contributed by atoms with Crippen molar-refractivity contribution in [1.29, 1.82) is 0 Å². The molecular formula is C23H27N3O3. The summed E-state index contributed by atoms with van der Waals surface area (Å²) in [5.41, 5.74) is 1.80. The maximum atomic E-state index is 13.3. The minimum atomic E-state index is -1.31. The molecule has 29 heavy (non-hydrogen) atoms. The summed E-state index contributed by atoms with van der Waals surface area (Å²) in [4.78, 5) is 44.9. The summed E-state index contributed by atoms with van der Waals surface area (Å²) in [6, 6.07) is 11.2. The van der Waals surface area contributed by atoms with Crippen molar-refractivity contribution in [3.05, 3.63) is 65.5 Å². The number of aromatic nitrogens is 1. The highest BCUT2D eigenvalue weighted by atomic mass is 16.2. The van der Waals surface area contributed by atoms with Gasteiger partial charge in [0.25, 0.3) is 0 Å². The fraction of sp³-hybridized carbons (Fsp3) is 0.391. The van der Waals surface area contributed by atoms with E-state index in [0.717, 1.165) is 20.9 Å². The van der Waals surface area contributed by atoms with Crippen LogP contribution in [-0.2, 0) is 22.4 Å². The SMILES string of the molecule is CC(C)c1ccc(CC2(CCc3ccncc3)C(=O)N(C)C(=O)N(C)C2=O)cc1. The van der Waals surface area contributed by atoms with E-state index in [9.17, 15) is 14.4 Å². The van der Waals surface area contributed by atoms with Crippen LogP contribution in [0.2, 0.25) is 0 Å². The number of imide groups is 2. The number of hydrogen-bond acceptors (Lipinski definition) is 4. The number of barbiturate groups is 1. The van der Waals surface area contributed by atoms with Crippen LogP contribution in [0, 0.1) is 5.41 Å². The van der Waals surface area contributed by atoms with E-state index in [1.165, 1.54) is 19.7 Å². The quantitative estimate of drug-likeness (QED) is 0.705. The number of benzene rings is 1. The van der Waals surface area contributed by atoms with E-state index in [0.29, 0.717) is 18.8 Å². The molecule has 0 atom stereocenters. The molecule has 1 aliphatic heterocycles. The molecule has 0 aliphatic carbocycles. The van der Waals surface area contributed by atoms with E-state index < -0.39 is 23.3 Å². The Morgan fingerprint density at radius 2 is 1.41 bits per heavy atom. The fourth-order valence-electron chi connectivity index (χ4n) is 3.86. The van der Waals surface area contributed by atoms with Gasteiger partial charge in [-0.25, -0.2) is 4.79 Å². The largest absolute Gasteiger partial charge is 0.332 e. The Labute approximate surface area is 171 Å². The van der Waals surface area contributed by atoms with Crippen LogP contribution in [-0.4, -0.2) is 46.7 Å². The van der Waals surface area contributed by atoms with E-state index in [-0.39, 0.29) is 6.42 Å². The lowest BCUT2D eigenvalue weighted by atomic mass is 9.73. The standard InChI is InChI=1S/C23H27N3O3/c1-16(2)19-7-5-18(6-8-19)15-23(12-9-17-10-13-24-14-11-17)20(27)25(3)22(29)26(4)21(23)28/h5-8,10-11,13-14,16H,9,12,15H2,1-4H3. The Morgan fingerprint density at radius 3 is 1.93 bits per heavy atom. The molecule has 0 radical (unpaired) electrons. The second-order valence-corrected chi connectivity index (χ2v) is 8.02. The van der Waals surface area contributed by atoms with Crippen molar-refractivity contribution < 1.29 is 14.4 Å². The van der Waals surface area contributed by atoms with Gasteiger partial charge < -0.3 is 0 Å². The molecule has 3 rings (SSSR count). The number of amides is 4. The molecular weight excluding hydrogens is 366 g/mol. The summed E-state index contributed by atoms with van der Waals surface area (Å²) in [6.45, 7) is 4.24. The Kier molecular flexibility index (Phi) is 5.82. The number of carbonyl (C=O) groups is 3. The van der Waals surface area contributed by atoms with Gasteiger partial charge >= 0.3 is 6.03 Å². The summed E-state index contributed by atoms with van der Waals surface area (Å²) in [5.74, 6) is -0.474. The van der Waals surface area contributed by atoms with Gasteiger partial charge in [-0.2, -0.15) is 0 Å². The Hall–Kier alpha value is -3.02. The summed E-state index contributed by atoms with van der Waals surface area (Å²) < 4.78 is 0. The monoisotopic (exact) mass is 393 g/mol. The molecule has 152 valence electrons. The summed E-state index contributed by atoms with van der Waals surface area (Å²) in [5, 5.41) is 0. The van der Waals surface area contributed by atoms with E-state index >= 15 is 0 Å². The van der Waals surface area contributed by atoms with Crippen molar-refractivity contribution >= 4 is 17.8 Å². The Bertz CT molecular complexity index is 883. The van der Waals surface area contributed by atoms with Gasteiger partial charge in [0, 0.05) is 26.5 Å². The van der Waals surface area contributed by atoms with E-state index in [1.54, 1.807) is 12.4 Å². The lowest BCUT2D eigenvalue weighted by molar-refractivity contribution is -0.157. The highest BCUT2D eigenvalue weighted by Crippen LogP contribution is 2.37. The lowest BCUT2D eigenvalue weighted by Gasteiger charge is -2.42. The third kappa shape index (κ3) is 3.92. The number of nitrogens with zero attached hydrogens (tertiary/aromatic N) is 3. The molecule has 2 aromatic rings. The second-order valence-electron chi connectivity index (χ2n) is 8.02. The van der Waals surface area contributed by atoms with Crippen LogP contribution in [0.25, 0.3) is 0 Å². The number of urea groups is 1. The molecule has 6 nitrogen and oxygen atoms in total. The first kappa shape index (κ1) is 20.7. The van der Waals surface area contributed by atoms with Crippen molar-refractivity contribution in [3.8, 4) is 0 Å². The molecule has 0 N–H and O–H groups in total. The number of aryl methyl sites for hydroxylation is 1. The number of carbonyl (C=O) groups excluding carboxylic acids is 3. The van der Waals surface area contributed by atoms with Gasteiger partial charge in [-0.15, -0.1) is 0 Å². The van der Waals surface area contributed by atoms with Crippen LogP contribution < -0.4 is 0 Å². The highest BCUT2D eigenvalue weighted by Gasteiger charge is 2.54. The van der Waals surface area contributed by atoms with Gasteiger partial charge in [-0.05, 0) is 54.0 Å². The normalized spacial score (nSPS) is 16.7. The first-order valence-electron chi connectivity index (χ1n) is 9.84. The third-order valence-corrected chi connectivity index (χ3v) is 5.74. The second kappa shape index (κ2) is 8.15. The predicted molar refractivity (Wildman–Crippen MR) is 110 cm³/mol. The van der Waals surface area contributed by atoms with Crippen molar-refractivity contribution in [2.45, 2.75) is 39.0 Å². The zero-order chi connectivity index (χ0) is 21.2. The number of pyridine rings is 1. The van der Waals surface area contributed by atoms with Gasteiger partial charge in [0.1, 0.15) is 5.41 Å². The molecule has 1 aliphatic rings. The summed E-state index contributed by atoms with van der Waals surface area (Å²) in [6.07, 6.45) is 4.51.